The molecular weight excluding hydrogens is 470 g/mol. The number of aliphatic carboxylic acids is 2. The number of nitrogens with zero attached hydrogens (tertiary/aromatic N) is 1. The lowest BCUT2D eigenvalue weighted by Crippen LogP contribution is -2.58. The number of amides is 3. The Balaban J connectivity index is 5.17. The first-order chi connectivity index (χ1) is 15.8. The molecule has 0 aromatic carbocycles. The second-order valence-corrected chi connectivity index (χ2v) is 8.35. The Kier molecular flexibility index (Phi) is 14.3. The highest BCUT2D eigenvalue weighted by Gasteiger charge is 2.31. The average Bonchev–Trinajstić information content (AvgIpc) is 2.72. The number of rotatable bonds is 16. The Morgan fingerprint density at radius 3 is 1.91 bits per heavy atom. The first-order valence-corrected chi connectivity index (χ1v) is 11.2. The monoisotopic (exact) mass is 505 g/mol. The highest BCUT2D eigenvalue weighted by Crippen LogP contribution is 2.06. The van der Waals surface area contributed by atoms with Gasteiger partial charge >= 0.3 is 11.9 Å². The van der Waals surface area contributed by atoms with Crippen LogP contribution in [0.4, 0.5) is 0 Å². The van der Waals surface area contributed by atoms with Crippen molar-refractivity contribution in [2.45, 2.75) is 63.7 Å². The van der Waals surface area contributed by atoms with Gasteiger partial charge in [0.05, 0.1) is 12.5 Å². The van der Waals surface area contributed by atoms with Gasteiger partial charge < -0.3 is 43.4 Å². The molecule has 0 saturated heterocycles. The standard InChI is InChI=1S/C19H35N7O7S/c1-9(2)6-12(18(32)33)25-17(31)13(8-34)26-16(30)11(7-14(27)28)24-15(29)10(20)4-3-5-23-19(21)22/h9-13,34H,3-8,20H2,1-2H3,(H,24,29)(H,25,31)(H,26,30)(H,27,28)(H,32,33)(H4,21,22,23). The van der Waals surface area contributed by atoms with Gasteiger partial charge in [0.25, 0.3) is 0 Å². The van der Waals surface area contributed by atoms with Gasteiger partial charge in [0.15, 0.2) is 5.96 Å². The average molecular weight is 506 g/mol. The van der Waals surface area contributed by atoms with Crippen LogP contribution < -0.4 is 33.2 Å². The molecule has 14 nitrogen and oxygen atoms in total. The summed E-state index contributed by atoms with van der Waals surface area (Å²) in [5, 5.41) is 25.3. The molecule has 0 spiro atoms. The molecule has 0 rings (SSSR count). The maximum atomic E-state index is 12.6. The Morgan fingerprint density at radius 1 is 0.912 bits per heavy atom. The molecule has 0 heterocycles. The largest absolute Gasteiger partial charge is 0.481 e. The van der Waals surface area contributed by atoms with Crippen molar-refractivity contribution >= 4 is 48.2 Å². The number of carboxylic acids is 2. The molecule has 0 saturated carbocycles. The molecule has 0 fully saturated rings. The minimum absolute atomic E-state index is 0.0238. The molecule has 4 unspecified atom stereocenters. The number of hydrogen-bond donors (Lipinski definition) is 9. The molecule has 0 aliphatic rings. The molecular formula is C19H35N7O7S. The van der Waals surface area contributed by atoms with Crippen LogP contribution in [0.25, 0.3) is 0 Å². The summed E-state index contributed by atoms with van der Waals surface area (Å²) < 4.78 is 0. The van der Waals surface area contributed by atoms with Crippen molar-refractivity contribution in [1.82, 2.24) is 16.0 Å². The number of aliphatic imine (C=N–C) groups is 1. The highest BCUT2D eigenvalue weighted by molar-refractivity contribution is 7.80. The molecule has 34 heavy (non-hydrogen) atoms. The molecule has 3 amide bonds. The lowest BCUT2D eigenvalue weighted by Gasteiger charge is -2.24. The SMILES string of the molecule is CC(C)CC(NC(=O)C(CS)NC(=O)C(CC(=O)O)NC(=O)C(N)CCCN=C(N)N)C(=O)O. The van der Waals surface area contributed by atoms with Crippen LogP contribution in [0.1, 0.15) is 39.5 Å². The fourth-order valence-corrected chi connectivity index (χ4v) is 3.00. The molecule has 0 aliphatic carbocycles. The van der Waals surface area contributed by atoms with Crippen molar-refractivity contribution in [2.24, 2.45) is 28.1 Å². The van der Waals surface area contributed by atoms with Crippen LogP contribution in [-0.2, 0) is 24.0 Å². The number of carbonyl (C=O) groups excluding carboxylic acids is 3. The number of guanidine groups is 1. The van der Waals surface area contributed by atoms with Gasteiger partial charge in [-0.2, -0.15) is 12.6 Å². The molecule has 4 atom stereocenters. The van der Waals surface area contributed by atoms with Gasteiger partial charge in [0, 0.05) is 12.3 Å². The summed E-state index contributed by atoms with van der Waals surface area (Å²) >= 11 is 4.00. The maximum Gasteiger partial charge on any atom is 0.326 e. The van der Waals surface area contributed by atoms with Crippen molar-refractivity contribution in [3.8, 4) is 0 Å². The summed E-state index contributed by atoms with van der Waals surface area (Å²) in [6.07, 6.45) is -0.0825. The maximum absolute atomic E-state index is 12.6. The highest BCUT2D eigenvalue weighted by atomic mass is 32.1. The Labute approximate surface area is 202 Å². The molecule has 15 heteroatoms. The number of carbonyl (C=O) groups is 5. The van der Waals surface area contributed by atoms with Gasteiger partial charge in [0.2, 0.25) is 17.7 Å². The van der Waals surface area contributed by atoms with Gasteiger partial charge in [-0.15, -0.1) is 0 Å². The fraction of sp³-hybridized carbons (Fsp3) is 0.684. The summed E-state index contributed by atoms with van der Waals surface area (Å²) in [5.41, 5.74) is 16.2. The van der Waals surface area contributed by atoms with E-state index in [9.17, 15) is 29.1 Å². The van der Waals surface area contributed by atoms with E-state index in [-0.39, 0.29) is 37.0 Å². The van der Waals surface area contributed by atoms with Gasteiger partial charge in [-0.05, 0) is 25.2 Å². The number of hydrogen-bond acceptors (Lipinski definition) is 8. The van der Waals surface area contributed by atoms with E-state index >= 15 is 0 Å². The Morgan fingerprint density at radius 2 is 1.44 bits per heavy atom. The zero-order valence-corrected chi connectivity index (χ0v) is 20.1. The van der Waals surface area contributed by atoms with E-state index in [0.29, 0.717) is 6.42 Å². The van der Waals surface area contributed by atoms with E-state index in [1.807, 2.05) is 0 Å². The summed E-state index contributed by atoms with van der Waals surface area (Å²) in [6.45, 7) is 3.80. The summed E-state index contributed by atoms with van der Waals surface area (Å²) in [4.78, 5) is 63.8. The summed E-state index contributed by atoms with van der Waals surface area (Å²) in [7, 11) is 0. The van der Waals surface area contributed by atoms with Gasteiger partial charge in [-0.3, -0.25) is 24.2 Å². The predicted molar refractivity (Wildman–Crippen MR) is 127 cm³/mol. The zero-order chi connectivity index (χ0) is 26.4. The Bertz CT molecular complexity index is 759. The third kappa shape index (κ3) is 12.8. The summed E-state index contributed by atoms with van der Waals surface area (Å²) in [6, 6.07) is -5.05. The van der Waals surface area contributed by atoms with E-state index < -0.39 is 60.2 Å². The first-order valence-electron chi connectivity index (χ1n) is 10.6. The molecule has 0 aromatic rings. The van der Waals surface area contributed by atoms with Gasteiger partial charge in [0.1, 0.15) is 18.1 Å². The quantitative estimate of drug-likeness (QED) is 0.0456. The van der Waals surface area contributed by atoms with Crippen molar-refractivity contribution in [3.63, 3.8) is 0 Å². The van der Waals surface area contributed by atoms with E-state index in [0.717, 1.165) is 0 Å². The zero-order valence-electron chi connectivity index (χ0n) is 19.2. The molecule has 194 valence electrons. The van der Waals surface area contributed by atoms with Crippen LogP contribution in [0.3, 0.4) is 0 Å². The van der Waals surface area contributed by atoms with Crippen LogP contribution in [0.2, 0.25) is 0 Å². The second-order valence-electron chi connectivity index (χ2n) is 7.99. The van der Waals surface area contributed by atoms with Crippen molar-refractivity contribution < 1.29 is 34.2 Å². The topological polar surface area (TPSA) is 252 Å². The Hall–Kier alpha value is -3.07. The third-order valence-electron chi connectivity index (χ3n) is 4.45. The normalized spacial score (nSPS) is 14.3. The number of nitrogens with one attached hydrogen (secondary N) is 3. The third-order valence-corrected chi connectivity index (χ3v) is 4.82. The van der Waals surface area contributed by atoms with Crippen molar-refractivity contribution in [3.05, 3.63) is 0 Å². The summed E-state index contributed by atoms with van der Waals surface area (Å²) in [5.74, 6) is -5.51. The molecule has 0 aliphatic heterocycles. The van der Waals surface area contributed by atoms with E-state index in [2.05, 4.69) is 33.6 Å². The minimum atomic E-state index is -1.53. The lowest BCUT2D eigenvalue weighted by atomic mass is 10.0. The number of thiol groups is 1. The van der Waals surface area contributed by atoms with E-state index in [1.54, 1.807) is 13.8 Å². The number of carboxylic acid groups (broad SMARTS) is 2. The van der Waals surface area contributed by atoms with E-state index in [1.165, 1.54) is 0 Å². The second kappa shape index (κ2) is 15.7. The van der Waals surface area contributed by atoms with Crippen LogP contribution in [0, 0.1) is 5.92 Å². The van der Waals surface area contributed by atoms with Crippen molar-refractivity contribution in [1.29, 1.82) is 0 Å². The molecule has 0 radical (unpaired) electrons. The van der Waals surface area contributed by atoms with Crippen LogP contribution in [0.5, 0.6) is 0 Å². The van der Waals surface area contributed by atoms with Gasteiger partial charge in [-0.1, -0.05) is 13.8 Å². The van der Waals surface area contributed by atoms with Crippen LogP contribution in [0.15, 0.2) is 4.99 Å². The van der Waals surface area contributed by atoms with Crippen molar-refractivity contribution in [2.75, 3.05) is 12.3 Å². The smallest absolute Gasteiger partial charge is 0.326 e. The molecule has 0 bridgehead atoms. The van der Waals surface area contributed by atoms with Gasteiger partial charge in [-0.25, -0.2) is 4.79 Å². The predicted octanol–water partition coefficient (Wildman–Crippen LogP) is -2.64. The lowest BCUT2D eigenvalue weighted by molar-refractivity contribution is -0.143. The van der Waals surface area contributed by atoms with Crippen LogP contribution >= 0.6 is 12.6 Å². The van der Waals surface area contributed by atoms with Crippen LogP contribution in [-0.4, -0.2) is 82.3 Å². The number of nitrogens with two attached hydrogens (primary N) is 3. The molecule has 11 N–H and O–H groups in total. The first kappa shape index (κ1) is 30.9. The fourth-order valence-electron chi connectivity index (χ4n) is 2.74. The molecule has 0 aromatic heterocycles. The van der Waals surface area contributed by atoms with E-state index in [4.69, 9.17) is 22.3 Å². The minimum Gasteiger partial charge on any atom is -0.481 e.